The maximum atomic E-state index is 13.7. The number of benzene rings is 2. The van der Waals surface area contributed by atoms with Crippen LogP contribution in [0.2, 0.25) is 5.02 Å². The van der Waals surface area contributed by atoms with Gasteiger partial charge in [0.25, 0.3) is 5.78 Å². The average molecular weight is 514 g/mol. The molecule has 0 saturated heterocycles. The molecule has 2 aromatic heterocycles. The molecule has 12 heteroatoms. The van der Waals surface area contributed by atoms with Crippen LogP contribution in [-0.2, 0) is 6.42 Å². The van der Waals surface area contributed by atoms with Crippen molar-refractivity contribution in [2.45, 2.75) is 38.0 Å². The first kappa shape index (κ1) is 23.7. The molecule has 5 nitrogen and oxygen atoms in total. The Morgan fingerprint density at radius 3 is 2.49 bits per heavy atom. The number of hydrogen-bond acceptors (Lipinski definition) is 4. The molecule has 1 fully saturated rings. The van der Waals surface area contributed by atoms with E-state index in [9.17, 15) is 26.3 Å². The van der Waals surface area contributed by atoms with Crippen LogP contribution in [0.4, 0.5) is 37.8 Å². The zero-order valence-corrected chi connectivity index (χ0v) is 18.8. The Morgan fingerprint density at radius 2 is 1.80 bits per heavy atom. The summed E-state index contributed by atoms with van der Waals surface area (Å²) in [5.74, 6) is 0.0690. The van der Waals surface area contributed by atoms with Gasteiger partial charge in [0.1, 0.15) is 18.7 Å². The van der Waals surface area contributed by atoms with Crippen LogP contribution in [0.1, 0.15) is 24.8 Å². The van der Waals surface area contributed by atoms with Gasteiger partial charge in [0.15, 0.2) is 0 Å². The number of anilines is 2. The highest BCUT2D eigenvalue weighted by atomic mass is 35.5. The van der Waals surface area contributed by atoms with Crippen LogP contribution in [0.3, 0.4) is 0 Å². The van der Waals surface area contributed by atoms with E-state index in [1.807, 2.05) is 0 Å². The van der Waals surface area contributed by atoms with Gasteiger partial charge < -0.3 is 4.90 Å². The second-order valence-electron chi connectivity index (χ2n) is 8.75. The van der Waals surface area contributed by atoms with Gasteiger partial charge in [-0.2, -0.15) is 31.3 Å². The second-order valence-corrected chi connectivity index (χ2v) is 9.18. The lowest BCUT2D eigenvalue weighted by atomic mass is 9.96. The Labute approximate surface area is 200 Å². The van der Waals surface area contributed by atoms with Gasteiger partial charge in [0.2, 0.25) is 0 Å². The predicted molar refractivity (Wildman–Crippen MR) is 119 cm³/mol. The van der Waals surface area contributed by atoms with Crippen molar-refractivity contribution in [3.63, 3.8) is 0 Å². The fourth-order valence-corrected chi connectivity index (χ4v) is 4.45. The summed E-state index contributed by atoms with van der Waals surface area (Å²) in [5.41, 5.74) is -0.554. The Hall–Kier alpha value is -3.08. The van der Waals surface area contributed by atoms with Gasteiger partial charge in [-0.05, 0) is 61.6 Å². The molecule has 1 aliphatic carbocycles. The summed E-state index contributed by atoms with van der Waals surface area (Å²) in [5, 5.41) is 8.42. The molecule has 0 amide bonds. The summed E-state index contributed by atoms with van der Waals surface area (Å²) >= 11 is 6.12. The summed E-state index contributed by atoms with van der Waals surface area (Å²) in [6.45, 7) is -1.36. The lowest BCUT2D eigenvalue weighted by Gasteiger charge is -2.27. The third kappa shape index (κ3) is 4.61. The van der Waals surface area contributed by atoms with Gasteiger partial charge in [0, 0.05) is 16.1 Å². The van der Waals surface area contributed by atoms with Crippen LogP contribution < -0.4 is 4.90 Å². The molecule has 0 N–H and O–H groups in total. The van der Waals surface area contributed by atoms with Gasteiger partial charge in [0.05, 0.1) is 10.9 Å². The van der Waals surface area contributed by atoms with Crippen LogP contribution in [0.25, 0.3) is 16.7 Å². The molecule has 0 aliphatic heterocycles. The number of hydrogen-bond donors (Lipinski definition) is 0. The molecule has 1 aliphatic rings. The van der Waals surface area contributed by atoms with E-state index in [0.29, 0.717) is 21.5 Å². The first-order valence-electron chi connectivity index (χ1n) is 10.7. The highest BCUT2D eigenvalue weighted by Gasteiger charge is 2.62. The molecule has 2 aromatic carbocycles. The van der Waals surface area contributed by atoms with E-state index in [-0.39, 0.29) is 43.0 Å². The van der Waals surface area contributed by atoms with E-state index >= 15 is 0 Å². The molecule has 0 atom stereocenters. The van der Waals surface area contributed by atoms with Gasteiger partial charge in [-0.15, -0.1) is 10.2 Å². The van der Waals surface area contributed by atoms with E-state index in [0.717, 1.165) is 4.90 Å². The van der Waals surface area contributed by atoms with Crippen LogP contribution in [0.5, 0.6) is 0 Å². The molecule has 184 valence electrons. The van der Waals surface area contributed by atoms with E-state index in [2.05, 4.69) is 15.2 Å². The molecule has 35 heavy (non-hydrogen) atoms. The largest absolute Gasteiger partial charge is 0.406 e. The van der Waals surface area contributed by atoms with Crippen molar-refractivity contribution < 1.29 is 26.3 Å². The first-order chi connectivity index (χ1) is 16.5. The topological polar surface area (TPSA) is 46.3 Å². The normalized spacial score (nSPS) is 15.6. The first-order valence-corrected chi connectivity index (χ1v) is 11.1. The van der Waals surface area contributed by atoms with Gasteiger partial charge >= 0.3 is 12.4 Å². The molecule has 1 saturated carbocycles. The smallest absolute Gasteiger partial charge is 0.317 e. The third-order valence-corrected chi connectivity index (χ3v) is 6.59. The van der Waals surface area contributed by atoms with Gasteiger partial charge in [-0.3, -0.25) is 4.40 Å². The summed E-state index contributed by atoms with van der Waals surface area (Å²) < 4.78 is 82.6. The lowest BCUT2D eigenvalue weighted by molar-refractivity contribution is -0.188. The zero-order valence-electron chi connectivity index (χ0n) is 18.0. The summed E-state index contributed by atoms with van der Waals surface area (Å²) in [4.78, 5) is 5.33. The van der Waals surface area contributed by atoms with Crippen molar-refractivity contribution in [2.75, 3.05) is 11.4 Å². The summed E-state index contributed by atoms with van der Waals surface area (Å²) in [7, 11) is 0. The maximum Gasteiger partial charge on any atom is 0.406 e. The van der Waals surface area contributed by atoms with E-state index in [4.69, 9.17) is 11.6 Å². The molecule has 4 aromatic rings. The van der Waals surface area contributed by atoms with Crippen LogP contribution in [-0.4, -0.2) is 38.5 Å². The number of alkyl halides is 6. The van der Waals surface area contributed by atoms with Gasteiger partial charge in [-0.25, -0.2) is 0 Å². The van der Waals surface area contributed by atoms with Crippen molar-refractivity contribution in [2.24, 2.45) is 5.41 Å². The molecular formula is C23H18ClF6N5. The van der Waals surface area contributed by atoms with Crippen molar-refractivity contribution in [3.8, 4) is 0 Å². The van der Waals surface area contributed by atoms with Crippen molar-refractivity contribution in [1.82, 2.24) is 19.6 Å². The van der Waals surface area contributed by atoms with E-state index < -0.39 is 24.3 Å². The standard InChI is InChI=1S/C23H18ClF6N5/c24-15-4-5-17-18(11-15)35-13-31-33-20(35)32-19(17)34(12-22(25,26)27)16-3-1-2-14(10-16)6-7-21(8-9-21)23(28,29)30/h1-5,10-11,13H,6-9,12H2. The van der Waals surface area contributed by atoms with Crippen molar-refractivity contribution >= 4 is 39.8 Å². The molecule has 2 heterocycles. The molecule has 0 radical (unpaired) electrons. The number of rotatable bonds is 6. The van der Waals surface area contributed by atoms with Crippen LogP contribution >= 0.6 is 11.6 Å². The molecule has 0 bridgehead atoms. The number of aryl methyl sites for hydroxylation is 1. The number of aromatic nitrogens is 4. The van der Waals surface area contributed by atoms with E-state index in [1.54, 1.807) is 24.3 Å². The third-order valence-electron chi connectivity index (χ3n) is 6.36. The van der Waals surface area contributed by atoms with Crippen molar-refractivity contribution in [1.29, 1.82) is 0 Å². The molecule has 5 rings (SSSR count). The number of halogens is 7. The second kappa shape index (κ2) is 8.25. The Morgan fingerprint density at radius 1 is 1.03 bits per heavy atom. The van der Waals surface area contributed by atoms with Crippen LogP contribution in [0.15, 0.2) is 48.8 Å². The quantitative estimate of drug-likeness (QED) is 0.263. The molecule has 0 unspecified atom stereocenters. The Balaban J connectivity index is 1.57. The highest BCUT2D eigenvalue weighted by molar-refractivity contribution is 6.31. The van der Waals surface area contributed by atoms with Crippen LogP contribution in [0, 0.1) is 5.41 Å². The minimum absolute atomic E-state index is 0.0133. The average Bonchev–Trinajstić information content (AvgIpc) is 3.45. The summed E-state index contributed by atoms with van der Waals surface area (Å²) in [6.07, 6.45) is -7.35. The Bertz CT molecular complexity index is 1390. The SMILES string of the molecule is FC(F)(F)CN(c1cccc(CCC2(C(F)(F)F)CC2)c1)c1nc2nncn2c2cc(Cl)ccc12. The highest BCUT2D eigenvalue weighted by Crippen LogP contribution is 2.60. The molecule has 0 spiro atoms. The number of fused-ring (bicyclic) bond motifs is 3. The van der Waals surface area contributed by atoms with Gasteiger partial charge in [-0.1, -0.05) is 23.7 Å². The minimum atomic E-state index is -4.59. The number of nitrogens with zero attached hydrogens (tertiary/aromatic N) is 5. The zero-order chi connectivity index (χ0) is 25.0. The fourth-order valence-electron chi connectivity index (χ4n) is 4.29. The lowest BCUT2D eigenvalue weighted by Crippen LogP contribution is -2.31. The minimum Gasteiger partial charge on any atom is -0.317 e. The predicted octanol–water partition coefficient (Wildman–Crippen LogP) is 6.91. The van der Waals surface area contributed by atoms with E-state index in [1.165, 1.54) is 28.9 Å². The van der Waals surface area contributed by atoms with Crippen molar-refractivity contribution in [3.05, 3.63) is 59.4 Å². The monoisotopic (exact) mass is 513 g/mol. The summed E-state index contributed by atoms with van der Waals surface area (Å²) in [6, 6.07) is 10.8. The Kier molecular flexibility index (Phi) is 5.58. The fraction of sp³-hybridized carbons (Fsp3) is 0.348. The molecular weight excluding hydrogens is 496 g/mol. The maximum absolute atomic E-state index is 13.7.